The molecule has 0 unspecified atom stereocenters. The van der Waals surface area contributed by atoms with Gasteiger partial charge in [0.1, 0.15) is 0 Å². The van der Waals surface area contributed by atoms with Crippen LogP contribution >= 0.6 is 24.0 Å². The zero-order valence-electron chi connectivity index (χ0n) is 12.9. The SMILES string of the molecule is CCNC(=NCc1cccc(C)c1)NCCNC(C)=O.I. The first-order valence-electron chi connectivity index (χ1n) is 6.94. The normalized spacial score (nSPS) is 10.5. The summed E-state index contributed by atoms with van der Waals surface area (Å²) in [6.45, 7) is 8.29. The largest absolute Gasteiger partial charge is 0.357 e. The van der Waals surface area contributed by atoms with Gasteiger partial charge in [0, 0.05) is 26.6 Å². The second-order valence-electron chi connectivity index (χ2n) is 4.59. The maximum absolute atomic E-state index is 10.8. The minimum absolute atomic E-state index is 0. The van der Waals surface area contributed by atoms with Crippen molar-refractivity contribution in [2.45, 2.75) is 27.3 Å². The number of rotatable bonds is 6. The van der Waals surface area contributed by atoms with Crippen molar-refractivity contribution in [3.8, 4) is 0 Å². The number of carbonyl (C=O) groups is 1. The van der Waals surface area contributed by atoms with Crippen molar-refractivity contribution in [2.75, 3.05) is 19.6 Å². The molecular weight excluding hydrogens is 379 g/mol. The molecule has 0 bridgehead atoms. The van der Waals surface area contributed by atoms with E-state index in [2.05, 4.69) is 46.1 Å². The van der Waals surface area contributed by atoms with Gasteiger partial charge in [-0.15, -0.1) is 24.0 Å². The van der Waals surface area contributed by atoms with E-state index >= 15 is 0 Å². The van der Waals surface area contributed by atoms with E-state index in [1.165, 1.54) is 18.1 Å². The van der Waals surface area contributed by atoms with Crippen molar-refractivity contribution < 1.29 is 4.79 Å². The molecule has 1 aromatic rings. The number of guanidine groups is 1. The van der Waals surface area contributed by atoms with Crippen molar-refractivity contribution in [1.82, 2.24) is 16.0 Å². The second kappa shape index (κ2) is 11.4. The maximum Gasteiger partial charge on any atom is 0.216 e. The van der Waals surface area contributed by atoms with Gasteiger partial charge in [0.2, 0.25) is 5.91 Å². The fourth-order valence-electron chi connectivity index (χ4n) is 1.74. The summed E-state index contributed by atoms with van der Waals surface area (Å²) in [5, 5.41) is 9.11. The average Bonchev–Trinajstić information content (AvgIpc) is 2.40. The van der Waals surface area contributed by atoms with E-state index < -0.39 is 0 Å². The quantitative estimate of drug-likeness (QED) is 0.293. The van der Waals surface area contributed by atoms with Crippen molar-refractivity contribution in [1.29, 1.82) is 0 Å². The summed E-state index contributed by atoms with van der Waals surface area (Å²) in [6, 6.07) is 8.31. The molecule has 0 saturated carbocycles. The summed E-state index contributed by atoms with van der Waals surface area (Å²) >= 11 is 0. The van der Waals surface area contributed by atoms with Gasteiger partial charge >= 0.3 is 0 Å². The lowest BCUT2D eigenvalue weighted by Crippen LogP contribution is -2.41. The number of amides is 1. The van der Waals surface area contributed by atoms with E-state index in [-0.39, 0.29) is 29.9 Å². The number of nitrogens with zero attached hydrogens (tertiary/aromatic N) is 1. The first-order valence-corrected chi connectivity index (χ1v) is 6.94. The highest BCUT2D eigenvalue weighted by atomic mass is 127. The lowest BCUT2D eigenvalue weighted by atomic mass is 10.1. The Kier molecular flexibility index (Phi) is 10.7. The maximum atomic E-state index is 10.8. The van der Waals surface area contributed by atoms with Crippen LogP contribution in [0, 0.1) is 6.92 Å². The van der Waals surface area contributed by atoms with Crippen LogP contribution < -0.4 is 16.0 Å². The predicted molar refractivity (Wildman–Crippen MR) is 98.1 cm³/mol. The Labute approximate surface area is 144 Å². The lowest BCUT2D eigenvalue weighted by Gasteiger charge is -2.11. The third-order valence-electron chi connectivity index (χ3n) is 2.64. The molecule has 0 heterocycles. The van der Waals surface area contributed by atoms with Gasteiger partial charge in [-0.1, -0.05) is 29.8 Å². The Bertz CT molecular complexity index is 463. The van der Waals surface area contributed by atoms with E-state index in [9.17, 15) is 4.79 Å². The van der Waals surface area contributed by atoms with Crippen LogP contribution in [-0.2, 0) is 11.3 Å². The molecule has 1 rings (SSSR count). The zero-order chi connectivity index (χ0) is 14.8. The number of hydrogen-bond donors (Lipinski definition) is 3. The molecule has 0 spiro atoms. The Morgan fingerprint density at radius 2 is 1.90 bits per heavy atom. The fraction of sp³-hybridized carbons (Fsp3) is 0.467. The molecule has 6 heteroatoms. The number of nitrogens with one attached hydrogen (secondary N) is 3. The molecule has 21 heavy (non-hydrogen) atoms. The smallest absolute Gasteiger partial charge is 0.216 e. The van der Waals surface area contributed by atoms with Gasteiger partial charge in [-0.05, 0) is 19.4 Å². The third kappa shape index (κ3) is 9.28. The molecule has 0 aliphatic carbocycles. The van der Waals surface area contributed by atoms with Gasteiger partial charge in [-0.3, -0.25) is 4.79 Å². The number of hydrogen-bond acceptors (Lipinski definition) is 2. The molecule has 0 saturated heterocycles. The third-order valence-corrected chi connectivity index (χ3v) is 2.64. The molecule has 0 radical (unpaired) electrons. The highest BCUT2D eigenvalue weighted by Gasteiger charge is 1.98. The van der Waals surface area contributed by atoms with Crippen LogP contribution in [0.4, 0.5) is 0 Å². The molecule has 1 aromatic carbocycles. The van der Waals surface area contributed by atoms with Crippen LogP contribution in [0.1, 0.15) is 25.0 Å². The highest BCUT2D eigenvalue weighted by Crippen LogP contribution is 2.04. The first-order chi connectivity index (χ1) is 9.61. The monoisotopic (exact) mass is 404 g/mol. The number of aliphatic imine (C=N–C) groups is 1. The van der Waals surface area contributed by atoms with Crippen LogP contribution in [0.2, 0.25) is 0 Å². The Hall–Kier alpha value is -1.31. The average molecular weight is 404 g/mol. The van der Waals surface area contributed by atoms with Crippen LogP contribution in [0.25, 0.3) is 0 Å². The molecule has 0 aliphatic rings. The van der Waals surface area contributed by atoms with Gasteiger partial charge in [0.15, 0.2) is 5.96 Å². The number of aryl methyl sites for hydroxylation is 1. The van der Waals surface area contributed by atoms with E-state index in [0.717, 1.165) is 12.5 Å². The number of halogens is 1. The first kappa shape index (κ1) is 19.7. The Balaban J connectivity index is 0.00000400. The van der Waals surface area contributed by atoms with Crippen LogP contribution in [0.3, 0.4) is 0 Å². The van der Waals surface area contributed by atoms with Gasteiger partial charge in [-0.25, -0.2) is 4.99 Å². The molecule has 1 amide bonds. The summed E-state index contributed by atoms with van der Waals surface area (Å²) < 4.78 is 0. The molecule has 0 aliphatic heterocycles. The van der Waals surface area contributed by atoms with E-state index in [1.54, 1.807) is 0 Å². The van der Waals surface area contributed by atoms with Crippen molar-refractivity contribution in [2.24, 2.45) is 4.99 Å². The Morgan fingerprint density at radius 1 is 1.19 bits per heavy atom. The summed E-state index contributed by atoms with van der Waals surface area (Å²) in [6.07, 6.45) is 0. The van der Waals surface area contributed by atoms with Crippen molar-refractivity contribution in [3.63, 3.8) is 0 Å². The fourth-order valence-corrected chi connectivity index (χ4v) is 1.74. The molecule has 5 nitrogen and oxygen atoms in total. The molecule has 3 N–H and O–H groups in total. The van der Waals surface area contributed by atoms with Crippen LogP contribution in [0.15, 0.2) is 29.3 Å². The molecule has 0 aromatic heterocycles. The number of carbonyl (C=O) groups excluding carboxylic acids is 1. The molecular formula is C15H25IN4O. The van der Waals surface area contributed by atoms with Crippen LogP contribution in [-0.4, -0.2) is 31.5 Å². The number of benzene rings is 1. The second-order valence-corrected chi connectivity index (χ2v) is 4.59. The highest BCUT2D eigenvalue weighted by molar-refractivity contribution is 14.0. The van der Waals surface area contributed by atoms with E-state index in [4.69, 9.17) is 0 Å². The minimum Gasteiger partial charge on any atom is -0.357 e. The topological polar surface area (TPSA) is 65.5 Å². The van der Waals surface area contributed by atoms with Gasteiger partial charge in [-0.2, -0.15) is 0 Å². The standard InChI is InChI=1S/C15H24N4O.HI/c1-4-16-15(18-9-8-17-13(3)20)19-11-14-7-5-6-12(2)10-14;/h5-7,10H,4,8-9,11H2,1-3H3,(H,17,20)(H2,16,18,19);1H. The van der Waals surface area contributed by atoms with Crippen molar-refractivity contribution >= 4 is 35.8 Å². The van der Waals surface area contributed by atoms with Crippen LogP contribution in [0.5, 0.6) is 0 Å². The summed E-state index contributed by atoms with van der Waals surface area (Å²) in [5.41, 5.74) is 2.42. The van der Waals surface area contributed by atoms with Gasteiger partial charge < -0.3 is 16.0 Å². The zero-order valence-corrected chi connectivity index (χ0v) is 15.2. The Morgan fingerprint density at radius 3 is 2.52 bits per heavy atom. The summed E-state index contributed by atoms with van der Waals surface area (Å²) in [4.78, 5) is 15.3. The minimum atomic E-state index is -0.0199. The predicted octanol–water partition coefficient (Wildman–Crippen LogP) is 1.80. The van der Waals surface area contributed by atoms with E-state index in [1.807, 2.05) is 13.0 Å². The lowest BCUT2D eigenvalue weighted by molar-refractivity contribution is -0.118. The van der Waals surface area contributed by atoms with E-state index in [0.29, 0.717) is 19.6 Å². The van der Waals surface area contributed by atoms with Gasteiger partial charge in [0.25, 0.3) is 0 Å². The summed E-state index contributed by atoms with van der Waals surface area (Å²) in [5.74, 6) is 0.743. The summed E-state index contributed by atoms with van der Waals surface area (Å²) in [7, 11) is 0. The van der Waals surface area contributed by atoms with Crippen molar-refractivity contribution in [3.05, 3.63) is 35.4 Å². The van der Waals surface area contributed by atoms with Gasteiger partial charge in [0.05, 0.1) is 6.54 Å². The molecule has 118 valence electrons. The molecule has 0 fully saturated rings. The molecule has 0 atom stereocenters.